The molecule has 0 aliphatic rings. The lowest BCUT2D eigenvalue weighted by Crippen LogP contribution is -2.29. The van der Waals surface area contributed by atoms with Crippen LogP contribution in [0.5, 0.6) is 0 Å². The Labute approximate surface area is 124 Å². The van der Waals surface area contributed by atoms with Crippen LogP contribution in [-0.4, -0.2) is 22.8 Å². The third-order valence-electron chi connectivity index (χ3n) is 3.29. The Balaban J connectivity index is 1.68. The summed E-state index contributed by atoms with van der Waals surface area (Å²) in [5.41, 5.74) is 9.60. The van der Waals surface area contributed by atoms with Crippen molar-refractivity contribution in [2.24, 2.45) is 5.73 Å². The van der Waals surface area contributed by atoms with E-state index in [0.717, 1.165) is 29.8 Å². The normalized spacial score (nSPS) is 10.4. The van der Waals surface area contributed by atoms with Crippen molar-refractivity contribution in [3.05, 3.63) is 47.3 Å². The number of urea groups is 1. The van der Waals surface area contributed by atoms with Crippen molar-refractivity contribution in [1.29, 1.82) is 0 Å². The van der Waals surface area contributed by atoms with E-state index in [-0.39, 0.29) is 6.03 Å². The van der Waals surface area contributed by atoms with E-state index in [1.54, 1.807) is 0 Å². The third kappa shape index (κ3) is 4.61. The molecule has 0 radical (unpaired) electrons. The van der Waals surface area contributed by atoms with E-state index >= 15 is 0 Å². The maximum atomic E-state index is 11.7. The molecule has 0 atom stereocenters. The average molecular weight is 287 g/mol. The number of aromatic nitrogens is 2. The highest BCUT2D eigenvalue weighted by Crippen LogP contribution is 2.09. The monoisotopic (exact) mass is 287 g/mol. The van der Waals surface area contributed by atoms with E-state index in [0.29, 0.717) is 13.1 Å². The Morgan fingerprint density at radius 1 is 1.33 bits per heavy atom. The van der Waals surface area contributed by atoms with E-state index in [1.807, 2.05) is 37.4 Å². The van der Waals surface area contributed by atoms with Crippen LogP contribution in [-0.2, 0) is 13.0 Å². The first kappa shape index (κ1) is 15.1. The second kappa shape index (κ2) is 7.44. The minimum absolute atomic E-state index is 0.195. The highest BCUT2D eigenvalue weighted by molar-refractivity contribution is 5.89. The number of benzene rings is 1. The van der Waals surface area contributed by atoms with Crippen LogP contribution in [0.1, 0.15) is 23.2 Å². The molecule has 0 saturated heterocycles. The molecule has 0 bridgehead atoms. The van der Waals surface area contributed by atoms with Gasteiger partial charge in [-0.05, 0) is 43.0 Å². The molecule has 21 heavy (non-hydrogen) atoms. The first-order valence-corrected chi connectivity index (χ1v) is 7.01. The lowest BCUT2D eigenvalue weighted by molar-refractivity contribution is 0.252. The minimum atomic E-state index is -0.195. The molecule has 2 amide bonds. The van der Waals surface area contributed by atoms with Gasteiger partial charge in [-0.1, -0.05) is 12.1 Å². The summed E-state index contributed by atoms with van der Waals surface area (Å²) in [5, 5.41) is 12.5. The van der Waals surface area contributed by atoms with Crippen molar-refractivity contribution in [3.63, 3.8) is 0 Å². The number of nitrogens with zero attached hydrogens (tertiary/aromatic N) is 1. The number of carbonyl (C=O) groups excluding carboxylic acids is 1. The SMILES string of the molecule is Cc1[nH]ncc1CCCNC(=O)Nc1ccc(CN)cc1. The second-order valence-electron chi connectivity index (χ2n) is 4.91. The number of nitrogens with one attached hydrogen (secondary N) is 3. The molecule has 0 aliphatic heterocycles. The Hall–Kier alpha value is -2.34. The summed E-state index contributed by atoms with van der Waals surface area (Å²) in [6.45, 7) is 3.12. The van der Waals surface area contributed by atoms with Gasteiger partial charge in [0.25, 0.3) is 0 Å². The summed E-state index contributed by atoms with van der Waals surface area (Å²) in [6.07, 6.45) is 3.60. The molecule has 2 rings (SSSR count). The first-order chi connectivity index (χ1) is 10.2. The van der Waals surface area contributed by atoms with Crippen molar-refractivity contribution in [1.82, 2.24) is 15.5 Å². The zero-order valence-electron chi connectivity index (χ0n) is 12.1. The van der Waals surface area contributed by atoms with Gasteiger partial charge in [-0.25, -0.2) is 4.79 Å². The van der Waals surface area contributed by atoms with Crippen LogP contribution in [0.4, 0.5) is 10.5 Å². The van der Waals surface area contributed by atoms with Gasteiger partial charge in [-0.3, -0.25) is 5.10 Å². The van der Waals surface area contributed by atoms with E-state index in [1.165, 1.54) is 5.56 Å². The van der Waals surface area contributed by atoms with Crippen LogP contribution in [0.25, 0.3) is 0 Å². The summed E-state index contributed by atoms with van der Waals surface area (Å²) < 4.78 is 0. The minimum Gasteiger partial charge on any atom is -0.338 e. The molecule has 0 aliphatic carbocycles. The van der Waals surface area contributed by atoms with Gasteiger partial charge in [0.1, 0.15) is 0 Å². The van der Waals surface area contributed by atoms with E-state index in [2.05, 4.69) is 20.8 Å². The zero-order chi connectivity index (χ0) is 15.1. The molecule has 2 aromatic rings. The number of anilines is 1. The number of nitrogens with two attached hydrogens (primary N) is 1. The molecule has 1 heterocycles. The average Bonchev–Trinajstić information content (AvgIpc) is 2.90. The number of amides is 2. The van der Waals surface area contributed by atoms with Crippen LogP contribution >= 0.6 is 0 Å². The zero-order valence-corrected chi connectivity index (χ0v) is 12.1. The Bertz CT molecular complexity index is 576. The Morgan fingerprint density at radius 3 is 2.71 bits per heavy atom. The number of H-pyrrole nitrogens is 1. The van der Waals surface area contributed by atoms with Gasteiger partial charge in [-0.15, -0.1) is 0 Å². The number of hydrogen-bond donors (Lipinski definition) is 4. The fourth-order valence-electron chi connectivity index (χ4n) is 2.01. The molecule has 5 N–H and O–H groups in total. The fraction of sp³-hybridized carbons (Fsp3) is 0.333. The lowest BCUT2D eigenvalue weighted by Gasteiger charge is -2.08. The predicted molar refractivity (Wildman–Crippen MR) is 83.0 cm³/mol. The number of aryl methyl sites for hydroxylation is 2. The van der Waals surface area contributed by atoms with E-state index < -0.39 is 0 Å². The largest absolute Gasteiger partial charge is 0.338 e. The second-order valence-corrected chi connectivity index (χ2v) is 4.91. The van der Waals surface area contributed by atoms with Gasteiger partial charge in [0, 0.05) is 24.5 Å². The van der Waals surface area contributed by atoms with Crippen LogP contribution < -0.4 is 16.4 Å². The van der Waals surface area contributed by atoms with Crippen molar-refractivity contribution in [3.8, 4) is 0 Å². The molecule has 1 aromatic heterocycles. The van der Waals surface area contributed by atoms with Gasteiger partial charge in [0.2, 0.25) is 0 Å². The van der Waals surface area contributed by atoms with E-state index in [9.17, 15) is 4.79 Å². The summed E-state index contributed by atoms with van der Waals surface area (Å²) in [7, 11) is 0. The van der Waals surface area contributed by atoms with Gasteiger partial charge in [-0.2, -0.15) is 5.10 Å². The van der Waals surface area contributed by atoms with Crippen LogP contribution in [0.15, 0.2) is 30.5 Å². The maximum Gasteiger partial charge on any atom is 0.319 e. The predicted octanol–water partition coefficient (Wildman–Crippen LogP) is 1.93. The van der Waals surface area contributed by atoms with Crippen LogP contribution in [0.2, 0.25) is 0 Å². The third-order valence-corrected chi connectivity index (χ3v) is 3.29. The molecule has 6 nitrogen and oxygen atoms in total. The number of carbonyl (C=O) groups is 1. The number of aromatic amines is 1. The van der Waals surface area contributed by atoms with Crippen molar-refractivity contribution >= 4 is 11.7 Å². The van der Waals surface area contributed by atoms with Crippen molar-refractivity contribution in [2.75, 3.05) is 11.9 Å². The summed E-state index contributed by atoms with van der Waals surface area (Å²) >= 11 is 0. The summed E-state index contributed by atoms with van der Waals surface area (Å²) in [4.78, 5) is 11.7. The molecule has 112 valence electrons. The molecular formula is C15H21N5O. The Morgan fingerprint density at radius 2 is 2.10 bits per heavy atom. The smallest absolute Gasteiger partial charge is 0.319 e. The fourth-order valence-corrected chi connectivity index (χ4v) is 2.01. The summed E-state index contributed by atoms with van der Waals surface area (Å²) in [5.74, 6) is 0. The molecule has 0 unspecified atom stereocenters. The van der Waals surface area contributed by atoms with Crippen molar-refractivity contribution < 1.29 is 4.79 Å². The molecule has 0 saturated carbocycles. The quantitative estimate of drug-likeness (QED) is 0.611. The molecule has 1 aromatic carbocycles. The maximum absolute atomic E-state index is 11.7. The van der Waals surface area contributed by atoms with Gasteiger partial charge >= 0.3 is 6.03 Å². The summed E-state index contributed by atoms with van der Waals surface area (Å²) in [6, 6.07) is 7.29. The number of rotatable bonds is 6. The van der Waals surface area contributed by atoms with Gasteiger partial charge in [0.15, 0.2) is 0 Å². The van der Waals surface area contributed by atoms with Gasteiger partial charge < -0.3 is 16.4 Å². The Kier molecular flexibility index (Phi) is 5.34. The first-order valence-electron chi connectivity index (χ1n) is 7.01. The van der Waals surface area contributed by atoms with Crippen LogP contribution in [0.3, 0.4) is 0 Å². The molecule has 0 fully saturated rings. The van der Waals surface area contributed by atoms with Gasteiger partial charge in [0.05, 0.1) is 6.20 Å². The lowest BCUT2D eigenvalue weighted by atomic mass is 10.1. The highest BCUT2D eigenvalue weighted by atomic mass is 16.2. The van der Waals surface area contributed by atoms with Crippen LogP contribution in [0, 0.1) is 6.92 Å². The topological polar surface area (TPSA) is 95.8 Å². The van der Waals surface area contributed by atoms with E-state index in [4.69, 9.17) is 5.73 Å². The van der Waals surface area contributed by atoms with Crippen molar-refractivity contribution in [2.45, 2.75) is 26.3 Å². The standard InChI is InChI=1S/C15H21N5O/c1-11-13(10-18-20-11)3-2-8-17-15(21)19-14-6-4-12(9-16)5-7-14/h4-7,10H,2-3,8-9,16H2,1H3,(H,18,20)(H2,17,19,21). The number of hydrogen-bond acceptors (Lipinski definition) is 3. The molecule has 6 heteroatoms. The highest BCUT2D eigenvalue weighted by Gasteiger charge is 2.03. The molecular weight excluding hydrogens is 266 g/mol. The molecule has 0 spiro atoms.